The lowest BCUT2D eigenvalue weighted by Crippen LogP contribution is -2.24. The molecule has 0 aliphatic rings. The number of rotatable bonds is 6. The van der Waals surface area contributed by atoms with Gasteiger partial charge in [0, 0.05) is 22.7 Å². The summed E-state index contributed by atoms with van der Waals surface area (Å²) in [7, 11) is 1.63. The highest BCUT2D eigenvalue weighted by Crippen LogP contribution is 2.20. The number of carbonyl (C=O) groups is 1. The SMILES string of the molecule is COc1ccc(SCC(=O)NCc2cn[nH]c2C)cc1. The minimum atomic E-state index is 0.00594. The van der Waals surface area contributed by atoms with E-state index < -0.39 is 0 Å². The van der Waals surface area contributed by atoms with Crippen LogP contribution in [0.25, 0.3) is 0 Å². The molecular formula is C14H17N3O2S. The third-order valence-electron chi connectivity index (χ3n) is 2.84. The van der Waals surface area contributed by atoms with E-state index in [0.29, 0.717) is 12.3 Å². The molecule has 0 aliphatic heterocycles. The number of hydrogen-bond acceptors (Lipinski definition) is 4. The van der Waals surface area contributed by atoms with Gasteiger partial charge >= 0.3 is 0 Å². The fourth-order valence-corrected chi connectivity index (χ4v) is 2.35. The molecule has 1 amide bonds. The minimum Gasteiger partial charge on any atom is -0.497 e. The van der Waals surface area contributed by atoms with E-state index in [9.17, 15) is 4.79 Å². The first-order valence-electron chi connectivity index (χ1n) is 6.21. The summed E-state index contributed by atoms with van der Waals surface area (Å²) in [6.45, 7) is 2.44. The highest BCUT2D eigenvalue weighted by atomic mass is 32.2. The number of aromatic nitrogens is 2. The Balaban J connectivity index is 1.75. The van der Waals surface area contributed by atoms with E-state index in [2.05, 4.69) is 15.5 Å². The van der Waals surface area contributed by atoms with Crippen molar-refractivity contribution >= 4 is 17.7 Å². The predicted octanol–water partition coefficient (Wildman–Crippen LogP) is 2.14. The Kier molecular flexibility index (Phi) is 5.06. The van der Waals surface area contributed by atoms with Gasteiger partial charge in [-0.15, -0.1) is 11.8 Å². The van der Waals surface area contributed by atoms with Crippen LogP contribution in [-0.4, -0.2) is 29.0 Å². The molecule has 1 aromatic heterocycles. The molecule has 0 unspecified atom stereocenters. The maximum Gasteiger partial charge on any atom is 0.230 e. The number of methoxy groups -OCH3 is 1. The van der Waals surface area contributed by atoms with Gasteiger partial charge in [-0.3, -0.25) is 9.89 Å². The zero-order valence-electron chi connectivity index (χ0n) is 11.5. The zero-order chi connectivity index (χ0) is 14.4. The van der Waals surface area contributed by atoms with Crippen molar-refractivity contribution < 1.29 is 9.53 Å². The molecule has 0 aliphatic carbocycles. The van der Waals surface area contributed by atoms with Gasteiger partial charge < -0.3 is 10.1 Å². The standard InChI is InChI=1S/C14H17N3O2S/c1-10-11(8-16-17-10)7-15-14(18)9-20-13-5-3-12(19-2)4-6-13/h3-6,8H,7,9H2,1-2H3,(H,15,18)(H,16,17). The molecule has 0 saturated heterocycles. The first-order chi connectivity index (χ1) is 9.69. The monoisotopic (exact) mass is 291 g/mol. The molecule has 6 heteroatoms. The third-order valence-corrected chi connectivity index (χ3v) is 3.85. The molecule has 2 rings (SSSR count). The van der Waals surface area contributed by atoms with Crippen LogP contribution in [0.4, 0.5) is 0 Å². The number of aryl methyl sites for hydroxylation is 1. The lowest BCUT2D eigenvalue weighted by molar-refractivity contribution is -0.118. The molecule has 0 spiro atoms. The van der Waals surface area contributed by atoms with Gasteiger partial charge in [0.25, 0.3) is 0 Å². The number of nitrogens with zero attached hydrogens (tertiary/aromatic N) is 1. The maximum atomic E-state index is 11.8. The summed E-state index contributed by atoms with van der Waals surface area (Å²) >= 11 is 1.50. The summed E-state index contributed by atoms with van der Waals surface area (Å²) in [6, 6.07) is 7.65. The number of carbonyl (C=O) groups excluding carboxylic acids is 1. The zero-order valence-corrected chi connectivity index (χ0v) is 12.3. The number of amides is 1. The predicted molar refractivity (Wildman–Crippen MR) is 78.9 cm³/mol. The Morgan fingerprint density at radius 1 is 1.40 bits per heavy atom. The van der Waals surface area contributed by atoms with Crippen LogP contribution in [0, 0.1) is 6.92 Å². The largest absolute Gasteiger partial charge is 0.497 e. The maximum absolute atomic E-state index is 11.8. The molecule has 0 radical (unpaired) electrons. The van der Waals surface area contributed by atoms with E-state index in [1.54, 1.807) is 13.3 Å². The van der Waals surface area contributed by atoms with Gasteiger partial charge in [0.05, 0.1) is 19.1 Å². The van der Waals surface area contributed by atoms with Gasteiger partial charge in [-0.1, -0.05) is 0 Å². The van der Waals surface area contributed by atoms with E-state index in [1.165, 1.54) is 11.8 Å². The van der Waals surface area contributed by atoms with Gasteiger partial charge in [-0.25, -0.2) is 0 Å². The Morgan fingerprint density at radius 2 is 2.15 bits per heavy atom. The fourth-order valence-electron chi connectivity index (χ4n) is 1.62. The topological polar surface area (TPSA) is 67.0 Å². The number of ether oxygens (including phenoxy) is 1. The molecule has 0 bridgehead atoms. The Labute approximate surface area is 122 Å². The highest BCUT2D eigenvalue weighted by molar-refractivity contribution is 8.00. The van der Waals surface area contributed by atoms with Crippen LogP contribution in [0.2, 0.25) is 0 Å². The number of nitrogens with one attached hydrogen (secondary N) is 2. The van der Waals surface area contributed by atoms with Gasteiger partial charge in [-0.2, -0.15) is 5.10 Å². The number of thioether (sulfide) groups is 1. The molecule has 106 valence electrons. The molecule has 1 heterocycles. The van der Waals surface area contributed by atoms with Crippen molar-refractivity contribution in [3.05, 3.63) is 41.7 Å². The molecule has 1 aromatic carbocycles. The summed E-state index contributed by atoms with van der Waals surface area (Å²) in [6.07, 6.45) is 1.73. The van der Waals surface area contributed by atoms with Crippen molar-refractivity contribution in [3.63, 3.8) is 0 Å². The lowest BCUT2D eigenvalue weighted by atomic mass is 10.3. The summed E-state index contributed by atoms with van der Waals surface area (Å²) in [5, 5.41) is 9.63. The number of benzene rings is 1. The average molecular weight is 291 g/mol. The molecule has 20 heavy (non-hydrogen) atoms. The molecule has 2 N–H and O–H groups in total. The fraction of sp³-hybridized carbons (Fsp3) is 0.286. The van der Waals surface area contributed by atoms with Crippen molar-refractivity contribution in [1.29, 1.82) is 0 Å². The van der Waals surface area contributed by atoms with Crippen LogP contribution in [0.15, 0.2) is 35.4 Å². The van der Waals surface area contributed by atoms with Crippen LogP contribution in [-0.2, 0) is 11.3 Å². The van der Waals surface area contributed by atoms with Crippen molar-refractivity contribution in [1.82, 2.24) is 15.5 Å². The second-order valence-corrected chi connectivity index (χ2v) is 5.31. The van der Waals surface area contributed by atoms with E-state index >= 15 is 0 Å². The second-order valence-electron chi connectivity index (χ2n) is 4.26. The number of aromatic amines is 1. The molecule has 0 fully saturated rings. The van der Waals surface area contributed by atoms with Gasteiger partial charge in [-0.05, 0) is 31.2 Å². The average Bonchev–Trinajstić information content (AvgIpc) is 2.89. The first-order valence-corrected chi connectivity index (χ1v) is 7.20. The minimum absolute atomic E-state index is 0.00594. The smallest absolute Gasteiger partial charge is 0.230 e. The quantitative estimate of drug-likeness (QED) is 0.800. The molecule has 0 saturated carbocycles. The van der Waals surface area contributed by atoms with Crippen LogP contribution in [0.3, 0.4) is 0 Å². The summed E-state index contributed by atoms with van der Waals surface area (Å²) in [4.78, 5) is 12.8. The van der Waals surface area contributed by atoms with Gasteiger partial charge in [0.15, 0.2) is 0 Å². The Morgan fingerprint density at radius 3 is 2.75 bits per heavy atom. The second kappa shape index (κ2) is 7.00. The van der Waals surface area contributed by atoms with Crippen molar-refractivity contribution in [2.75, 3.05) is 12.9 Å². The third kappa shape index (κ3) is 4.03. The number of H-pyrrole nitrogens is 1. The van der Waals surface area contributed by atoms with E-state index in [-0.39, 0.29) is 5.91 Å². The molecule has 5 nitrogen and oxygen atoms in total. The molecule has 0 atom stereocenters. The van der Waals surface area contributed by atoms with Crippen LogP contribution >= 0.6 is 11.8 Å². The molecule has 2 aromatic rings. The molecular weight excluding hydrogens is 274 g/mol. The van der Waals surface area contributed by atoms with E-state index in [1.807, 2.05) is 31.2 Å². The summed E-state index contributed by atoms with van der Waals surface area (Å²) < 4.78 is 5.09. The van der Waals surface area contributed by atoms with Crippen molar-refractivity contribution in [2.45, 2.75) is 18.4 Å². The summed E-state index contributed by atoms with van der Waals surface area (Å²) in [5.41, 5.74) is 1.99. The number of hydrogen-bond donors (Lipinski definition) is 2. The van der Waals surface area contributed by atoms with Crippen LogP contribution in [0.5, 0.6) is 5.75 Å². The van der Waals surface area contributed by atoms with Crippen molar-refractivity contribution in [3.8, 4) is 5.75 Å². The van der Waals surface area contributed by atoms with Crippen LogP contribution in [0.1, 0.15) is 11.3 Å². The normalized spacial score (nSPS) is 10.3. The summed E-state index contributed by atoms with van der Waals surface area (Å²) in [5.74, 6) is 1.21. The van der Waals surface area contributed by atoms with E-state index in [4.69, 9.17) is 4.74 Å². The van der Waals surface area contributed by atoms with E-state index in [0.717, 1.165) is 21.9 Å². The van der Waals surface area contributed by atoms with Crippen LogP contribution < -0.4 is 10.1 Å². The van der Waals surface area contributed by atoms with Gasteiger partial charge in [0.1, 0.15) is 5.75 Å². The lowest BCUT2D eigenvalue weighted by Gasteiger charge is -2.05. The Hall–Kier alpha value is -1.95. The Bertz CT molecular complexity index is 566. The highest BCUT2D eigenvalue weighted by Gasteiger charge is 2.05. The first kappa shape index (κ1) is 14.5. The van der Waals surface area contributed by atoms with Crippen molar-refractivity contribution in [2.24, 2.45) is 0 Å². The van der Waals surface area contributed by atoms with Gasteiger partial charge in [0.2, 0.25) is 5.91 Å².